The van der Waals surface area contributed by atoms with Gasteiger partial charge in [0.15, 0.2) is 0 Å². The van der Waals surface area contributed by atoms with Gasteiger partial charge in [-0.3, -0.25) is 9.59 Å². The summed E-state index contributed by atoms with van der Waals surface area (Å²) in [5, 5.41) is 20.9. The Bertz CT molecular complexity index is 340. The lowest BCUT2D eigenvalue weighted by atomic mass is 9.89. The van der Waals surface area contributed by atoms with E-state index in [0.29, 0.717) is 25.8 Å². The van der Waals surface area contributed by atoms with Crippen LogP contribution in [-0.4, -0.2) is 35.2 Å². The van der Waals surface area contributed by atoms with Crippen molar-refractivity contribution in [2.24, 2.45) is 23.2 Å². The van der Waals surface area contributed by atoms with Gasteiger partial charge in [0.05, 0.1) is 11.8 Å². The first-order valence-corrected chi connectivity index (χ1v) is 6.88. The molecule has 0 bridgehead atoms. The quantitative estimate of drug-likeness (QED) is 0.678. The molecule has 1 saturated carbocycles. The molecule has 1 aliphatic rings. The van der Waals surface area contributed by atoms with Crippen LogP contribution in [0.2, 0.25) is 0 Å². The molecule has 1 aliphatic carbocycles. The lowest BCUT2D eigenvalue weighted by Gasteiger charge is -2.25. The maximum Gasteiger partial charge on any atom is 0.307 e. The van der Waals surface area contributed by atoms with E-state index in [1.165, 1.54) is 0 Å². The van der Waals surface area contributed by atoms with Crippen molar-refractivity contribution in [3.63, 3.8) is 0 Å². The van der Waals surface area contributed by atoms with Crippen molar-refractivity contribution in [1.29, 1.82) is 0 Å². The monoisotopic (exact) mass is 271 g/mol. The Morgan fingerprint density at radius 2 is 1.84 bits per heavy atom. The minimum absolute atomic E-state index is 0.0844. The summed E-state index contributed by atoms with van der Waals surface area (Å²) >= 11 is 0. The van der Waals surface area contributed by atoms with E-state index >= 15 is 0 Å². The summed E-state index contributed by atoms with van der Waals surface area (Å²) in [6, 6.07) is 0. The van der Waals surface area contributed by atoms with Crippen molar-refractivity contribution in [2.75, 3.05) is 13.2 Å². The standard InChI is InChI=1S/C14H25NO4/c1-9-6-10(11(7-9)13(18)19)12(17)15-8-14(2,3)4-5-16/h9-11,16H,4-8H2,1-3H3,(H,15,17)(H,18,19). The van der Waals surface area contributed by atoms with Gasteiger partial charge in [0.1, 0.15) is 0 Å². The van der Waals surface area contributed by atoms with E-state index in [0.717, 1.165) is 0 Å². The Morgan fingerprint density at radius 1 is 1.26 bits per heavy atom. The Hall–Kier alpha value is -1.10. The molecule has 0 heterocycles. The second kappa shape index (κ2) is 6.37. The van der Waals surface area contributed by atoms with Crippen LogP contribution in [0.15, 0.2) is 0 Å². The van der Waals surface area contributed by atoms with Gasteiger partial charge in [-0.15, -0.1) is 0 Å². The van der Waals surface area contributed by atoms with Gasteiger partial charge in [0.25, 0.3) is 0 Å². The third-order valence-corrected chi connectivity index (χ3v) is 3.98. The van der Waals surface area contributed by atoms with Gasteiger partial charge in [-0.05, 0) is 30.6 Å². The van der Waals surface area contributed by atoms with Gasteiger partial charge in [-0.1, -0.05) is 20.8 Å². The molecule has 0 saturated heterocycles. The molecule has 3 N–H and O–H groups in total. The summed E-state index contributed by atoms with van der Waals surface area (Å²) in [5.41, 5.74) is -0.173. The van der Waals surface area contributed by atoms with Crippen LogP contribution >= 0.6 is 0 Å². The molecule has 1 amide bonds. The van der Waals surface area contributed by atoms with E-state index < -0.39 is 17.8 Å². The number of aliphatic hydroxyl groups is 1. The van der Waals surface area contributed by atoms with E-state index in [9.17, 15) is 9.59 Å². The normalized spacial score (nSPS) is 27.3. The fraction of sp³-hybridized carbons (Fsp3) is 0.857. The SMILES string of the molecule is CC1CC(C(=O)O)C(C(=O)NCC(C)(C)CCO)C1. The third-order valence-electron chi connectivity index (χ3n) is 3.98. The highest BCUT2D eigenvalue weighted by molar-refractivity contribution is 5.85. The maximum absolute atomic E-state index is 12.1. The van der Waals surface area contributed by atoms with Gasteiger partial charge in [-0.25, -0.2) is 0 Å². The number of nitrogens with one attached hydrogen (secondary N) is 1. The van der Waals surface area contributed by atoms with Gasteiger partial charge in [-0.2, -0.15) is 0 Å². The summed E-state index contributed by atoms with van der Waals surface area (Å²) in [6.45, 7) is 6.47. The first kappa shape index (κ1) is 16.0. The van der Waals surface area contributed by atoms with Gasteiger partial charge in [0, 0.05) is 13.2 Å². The van der Waals surface area contributed by atoms with Crippen molar-refractivity contribution in [3.8, 4) is 0 Å². The van der Waals surface area contributed by atoms with E-state index in [2.05, 4.69) is 5.32 Å². The van der Waals surface area contributed by atoms with E-state index in [-0.39, 0.29) is 23.8 Å². The molecule has 3 unspecified atom stereocenters. The fourth-order valence-electron chi connectivity index (χ4n) is 2.70. The predicted octanol–water partition coefficient (Wildman–Crippen LogP) is 1.26. The zero-order chi connectivity index (χ0) is 14.6. The highest BCUT2D eigenvalue weighted by atomic mass is 16.4. The highest BCUT2D eigenvalue weighted by Crippen LogP contribution is 2.36. The van der Waals surface area contributed by atoms with Crippen LogP contribution in [-0.2, 0) is 9.59 Å². The Morgan fingerprint density at radius 3 is 2.37 bits per heavy atom. The molecule has 0 aliphatic heterocycles. The van der Waals surface area contributed by atoms with Crippen molar-refractivity contribution in [3.05, 3.63) is 0 Å². The summed E-state index contributed by atoms with van der Waals surface area (Å²) in [6.07, 6.45) is 1.83. The molecule has 0 radical (unpaired) electrons. The smallest absolute Gasteiger partial charge is 0.307 e. The minimum Gasteiger partial charge on any atom is -0.481 e. The lowest BCUT2D eigenvalue weighted by molar-refractivity contribution is -0.146. The molecule has 1 rings (SSSR count). The first-order chi connectivity index (χ1) is 8.76. The largest absolute Gasteiger partial charge is 0.481 e. The number of carbonyl (C=O) groups is 2. The molecular weight excluding hydrogens is 246 g/mol. The van der Waals surface area contributed by atoms with E-state index in [1.54, 1.807) is 0 Å². The Labute approximate surface area is 114 Å². The van der Waals surface area contributed by atoms with E-state index in [1.807, 2.05) is 20.8 Å². The topological polar surface area (TPSA) is 86.6 Å². The van der Waals surface area contributed by atoms with Gasteiger partial charge >= 0.3 is 5.97 Å². The van der Waals surface area contributed by atoms with E-state index in [4.69, 9.17) is 10.2 Å². The number of carboxylic acid groups (broad SMARTS) is 1. The van der Waals surface area contributed by atoms with Gasteiger partial charge in [0.2, 0.25) is 5.91 Å². The Balaban J connectivity index is 2.55. The molecule has 0 spiro atoms. The number of aliphatic carboxylic acids is 1. The molecule has 3 atom stereocenters. The zero-order valence-corrected chi connectivity index (χ0v) is 12.0. The van der Waals surface area contributed by atoms with Crippen LogP contribution in [0, 0.1) is 23.2 Å². The van der Waals surface area contributed by atoms with Crippen LogP contribution in [0.3, 0.4) is 0 Å². The number of hydrogen-bond acceptors (Lipinski definition) is 3. The van der Waals surface area contributed by atoms with Crippen molar-refractivity contribution in [2.45, 2.75) is 40.0 Å². The second-order valence-corrected chi connectivity index (χ2v) is 6.48. The van der Waals surface area contributed by atoms with Crippen LogP contribution in [0.1, 0.15) is 40.0 Å². The minimum atomic E-state index is -0.876. The average Bonchev–Trinajstić information content (AvgIpc) is 2.68. The van der Waals surface area contributed by atoms with Crippen molar-refractivity contribution < 1.29 is 19.8 Å². The van der Waals surface area contributed by atoms with Crippen LogP contribution in [0.4, 0.5) is 0 Å². The first-order valence-electron chi connectivity index (χ1n) is 6.88. The second-order valence-electron chi connectivity index (χ2n) is 6.48. The number of carboxylic acids is 1. The molecule has 1 fully saturated rings. The summed E-state index contributed by atoms with van der Waals surface area (Å²) in [4.78, 5) is 23.3. The lowest BCUT2D eigenvalue weighted by Crippen LogP contribution is -2.40. The summed E-state index contributed by atoms with van der Waals surface area (Å²) in [5.74, 6) is -1.74. The average molecular weight is 271 g/mol. The van der Waals surface area contributed by atoms with Crippen molar-refractivity contribution >= 4 is 11.9 Å². The van der Waals surface area contributed by atoms with Crippen LogP contribution in [0.5, 0.6) is 0 Å². The zero-order valence-electron chi connectivity index (χ0n) is 12.0. The fourth-order valence-corrected chi connectivity index (χ4v) is 2.70. The molecule has 19 heavy (non-hydrogen) atoms. The maximum atomic E-state index is 12.1. The van der Waals surface area contributed by atoms with Crippen LogP contribution in [0.25, 0.3) is 0 Å². The summed E-state index contributed by atoms with van der Waals surface area (Å²) < 4.78 is 0. The molecular formula is C14H25NO4. The third kappa shape index (κ3) is 4.49. The number of rotatable bonds is 6. The number of carbonyl (C=O) groups excluding carboxylic acids is 1. The molecule has 0 aromatic heterocycles. The molecule has 5 heteroatoms. The molecule has 110 valence electrons. The highest BCUT2D eigenvalue weighted by Gasteiger charge is 2.41. The Kier molecular flexibility index (Phi) is 5.35. The number of aliphatic hydroxyl groups excluding tert-OH is 1. The predicted molar refractivity (Wildman–Crippen MR) is 71.5 cm³/mol. The number of amides is 1. The molecule has 5 nitrogen and oxygen atoms in total. The summed E-state index contributed by atoms with van der Waals surface area (Å²) in [7, 11) is 0. The molecule has 0 aromatic rings. The van der Waals surface area contributed by atoms with Gasteiger partial charge < -0.3 is 15.5 Å². The molecule has 0 aromatic carbocycles. The van der Waals surface area contributed by atoms with Crippen molar-refractivity contribution in [1.82, 2.24) is 5.32 Å². The van der Waals surface area contributed by atoms with Crippen LogP contribution < -0.4 is 5.32 Å². The number of hydrogen-bond donors (Lipinski definition) is 3.